The standard InChI is InChI=1S/C15H22ClN3O/c1-10-14(16)9-17-15(18-10)19-5-2-11(3-6-19)13-8-12(13)4-7-20/h9,11-13,20H,2-8H2,1H3/t12-,13-/m1/s1. The molecule has 0 radical (unpaired) electrons. The zero-order valence-corrected chi connectivity index (χ0v) is 12.7. The number of anilines is 1. The number of aliphatic hydroxyl groups is 1. The molecule has 1 aromatic rings. The molecule has 4 nitrogen and oxygen atoms in total. The van der Waals surface area contributed by atoms with Crippen molar-refractivity contribution in [3.05, 3.63) is 16.9 Å². The predicted molar refractivity (Wildman–Crippen MR) is 80.0 cm³/mol. The number of aliphatic hydroxyl groups excluding tert-OH is 1. The maximum Gasteiger partial charge on any atom is 0.225 e. The number of aryl methyl sites for hydroxylation is 1. The van der Waals surface area contributed by atoms with Gasteiger partial charge in [0.25, 0.3) is 0 Å². The Kier molecular flexibility index (Phi) is 4.13. The van der Waals surface area contributed by atoms with Crippen LogP contribution in [0.4, 0.5) is 5.95 Å². The van der Waals surface area contributed by atoms with Crippen molar-refractivity contribution in [2.24, 2.45) is 17.8 Å². The van der Waals surface area contributed by atoms with Gasteiger partial charge < -0.3 is 10.0 Å². The van der Waals surface area contributed by atoms with Gasteiger partial charge in [-0.1, -0.05) is 11.6 Å². The maximum atomic E-state index is 9.00. The summed E-state index contributed by atoms with van der Waals surface area (Å²) in [4.78, 5) is 11.1. The summed E-state index contributed by atoms with van der Waals surface area (Å²) in [5.74, 6) is 3.28. The van der Waals surface area contributed by atoms with Crippen LogP contribution in [0.2, 0.25) is 5.02 Å². The topological polar surface area (TPSA) is 49.2 Å². The Hall–Kier alpha value is -0.870. The van der Waals surface area contributed by atoms with Crippen molar-refractivity contribution < 1.29 is 5.11 Å². The second kappa shape index (κ2) is 5.86. The predicted octanol–water partition coefficient (Wildman–Crippen LogP) is 2.67. The van der Waals surface area contributed by atoms with Crippen LogP contribution in [-0.2, 0) is 0 Å². The average Bonchev–Trinajstić information content (AvgIpc) is 3.22. The van der Waals surface area contributed by atoms with Crippen LogP contribution in [-0.4, -0.2) is 34.8 Å². The van der Waals surface area contributed by atoms with Gasteiger partial charge in [0, 0.05) is 19.7 Å². The van der Waals surface area contributed by atoms with Crippen LogP contribution in [0.1, 0.15) is 31.4 Å². The van der Waals surface area contributed by atoms with Gasteiger partial charge in [0.15, 0.2) is 0 Å². The minimum absolute atomic E-state index is 0.345. The molecule has 0 spiro atoms. The number of nitrogens with zero attached hydrogens (tertiary/aromatic N) is 3. The molecule has 2 fully saturated rings. The second-order valence-electron chi connectivity index (χ2n) is 6.10. The van der Waals surface area contributed by atoms with E-state index in [9.17, 15) is 0 Å². The Balaban J connectivity index is 1.55. The Bertz CT molecular complexity index is 474. The molecule has 0 amide bonds. The van der Waals surface area contributed by atoms with Crippen LogP contribution >= 0.6 is 11.6 Å². The molecule has 5 heteroatoms. The Morgan fingerprint density at radius 2 is 2.15 bits per heavy atom. The van der Waals surface area contributed by atoms with Crippen molar-refractivity contribution in [3.8, 4) is 0 Å². The fraction of sp³-hybridized carbons (Fsp3) is 0.733. The summed E-state index contributed by atoms with van der Waals surface area (Å²) in [5.41, 5.74) is 0.851. The third kappa shape index (κ3) is 2.91. The van der Waals surface area contributed by atoms with Crippen molar-refractivity contribution in [1.29, 1.82) is 0 Å². The van der Waals surface area contributed by atoms with Crippen LogP contribution in [0.25, 0.3) is 0 Å². The van der Waals surface area contributed by atoms with E-state index in [4.69, 9.17) is 16.7 Å². The van der Waals surface area contributed by atoms with Crippen molar-refractivity contribution in [3.63, 3.8) is 0 Å². The van der Waals surface area contributed by atoms with Crippen molar-refractivity contribution in [2.45, 2.75) is 32.6 Å². The Morgan fingerprint density at radius 1 is 1.40 bits per heavy atom. The zero-order valence-electron chi connectivity index (χ0n) is 11.9. The first-order valence-corrected chi connectivity index (χ1v) is 7.91. The van der Waals surface area contributed by atoms with Gasteiger partial charge in [0.2, 0.25) is 5.95 Å². The van der Waals surface area contributed by atoms with Gasteiger partial charge in [0.1, 0.15) is 0 Å². The van der Waals surface area contributed by atoms with Crippen LogP contribution in [0.3, 0.4) is 0 Å². The van der Waals surface area contributed by atoms with E-state index in [2.05, 4.69) is 14.9 Å². The van der Waals surface area contributed by atoms with E-state index in [0.29, 0.717) is 11.6 Å². The molecule has 2 aliphatic rings. The summed E-state index contributed by atoms with van der Waals surface area (Å²) < 4.78 is 0. The van der Waals surface area contributed by atoms with E-state index in [0.717, 1.165) is 48.9 Å². The van der Waals surface area contributed by atoms with Crippen LogP contribution in [0, 0.1) is 24.7 Å². The van der Waals surface area contributed by atoms with Gasteiger partial charge in [-0.3, -0.25) is 0 Å². The average molecular weight is 296 g/mol. The number of hydrogen-bond acceptors (Lipinski definition) is 4. The molecule has 1 N–H and O–H groups in total. The van der Waals surface area contributed by atoms with Crippen molar-refractivity contribution in [1.82, 2.24) is 9.97 Å². The molecule has 3 rings (SSSR count). The largest absolute Gasteiger partial charge is 0.396 e. The molecule has 0 unspecified atom stereocenters. The highest BCUT2D eigenvalue weighted by Gasteiger charge is 2.42. The minimum atomic E-state index is 0.345. The SMILES string of the molecule is Cc1nc(N2CCC([C@H]3C[C@H]3CCO)CC2)ncc1Cl. The number of piperidine rings is 1. The van der Waals surface area contributed by atoms with Crippen LogP contribution < -0.4 is 4.90 Å². The van der Waals surface area contributed by atoms with E-state index in [-0.39, 0.29) is 0 Å². The summed E-state index contributed by atoms with van der Waals surface area (Å²) in [6.45, 7) is 4.34. The summed E-state index contributed by atoms with van der Waals surface area (Å²) in [6.07, 6.45) is 6.45. The molecule has 1 aliphatic carbocycles. The van der Waals surface area contributed by atoms with E-state index < -0.39 is 0 Å². The Labute approximate surface area is 125 Å². The van der Waals surface area contributed by atoms with Crippen LogP contribution in [0.15, 0.2) is 6.20 Å². The normalized spacial score (nSPS) is 26.9. The summed E-state index contributed by atoms with van der Waals surface area (Å²) in [7, 11) is 0. The Morgan fingerprint density at radius 3 is 2.80 bits per heavy atom. The molecule has 1 aromatic heterocycles. The van der Waals surface area contributed by atoms with E-state index in [1.807, 2.05) is 6.92 Å². The smallest absolute Gasteiger partial charge is 0.225 e. The third-order valence-corrected chi connectivity index (χ3v) is 5.18. The zero-order chi connectivity index (χ0) is 14.1. The van der Waals surface area contributed by atoms with E-state index >= 15 is 0 Å². The molecule has 2 heterocycles. The van der Waals surface area contributed by atoms with Crippen molar-refractivity contribution in [2.75, 3.05) is 24.6 Å². The molecule has 1 saturated heterocycles. The highest BCUT2D eigenvalue weighted by molar-refractivity contribution is 6.31. The van der Waals surface area contributed by atoms with Crippen molar-refractivity contribution >= 4 is 17.5 Å². The highest BCUT2D eigenvalue weighted by Crippen LogP contribution is 2.49. The van der Waals surface area contributed by atoms with Gasteiger partial charge in [-0.05, 0) is 50.4 Å². The lowest BCUT2D eigenvalue weighted by Crippen LogP contribution is -2.35. The van der Waals surface area contributed by atoms with Gasteiger partial charge >= 0.3 is 0 Å². The molecule has 1 saturated carbocycles. The summed E-state index contributed by atoms with van der Waals surface area (Å²) in [6, 6.07) is 0. The first kappa shape index (κ1) is 14.1. The number of halogens is 1. The minimum Gasteiger partial charge on any atom is -0.396 e. The molecular formula is C15H22ClN3O. The number of hydrogen-bond donors (Lipinski definition) is 1. The van der Waals surface area contributed by atoms with Crippen LogP contribution in [0.5, 0.6) is 0 Å². The number of rotatable bonds is 4. The van der Waals surface area contributed by atoms with E-state index in [1.54, 1.807) is 6.20 Å². The molecular weight excluding hydrogens is 274 g/mol. The fourth-order valence-corrected chi connectivity index (χ4v) is 3.56. The second-order valence-corrected chi connectivity index (χ2v) is 6.51. The van der Waals surface area contributed by atoms with E-state index in [1.165, 1.54) is 19.3 Å². The summed E-state index contributed by atoms with van der Waals surface area (Å²) >= 11 is 5.97. The number of aromatic nitrogens is 2. The molecule has 20 heavy (non-hydrogen) atoms. The first-order valence-electron chi connectivity index (χ1n) is 7.54. The lowest BCUT2D eigenvalue weighted by atomic mass is 9.90. The third-order valence-electron chi connectivity index (χ3n) is 4.81. The fourth-order valence-electron chi connectivity index (χ4n) is 3.47. The monoisotopic (exact) mass is 295 g/mol. The van der Waals surface area contributed by atoms with Gasteiger partial charge in [-0.15, -0.1) is 0 Å². The molecule has 0 bridgehead atoms. The molecule has 2 atom stereocenters. The maximum absolute atomic E-state index is 9.00. The quantitative estimate of drug-likeness (QED) is 0.928. The van der Waals surface area contributed by atoms with Gasteiger partial charge in [-0.2, -0.15) is 0 Å². The summed E-state index contributed by atoms with van der Waals surface area (Å²) in [5, 5.41) is 9.63. The molecule has 110 valence electrons. The molecule has 1 aliphatic heterocycles. The van der Waals surface area contributed by atoms with Gasteiger partial charge in [0.05, 0.1) is 16.9 Å². The lowest BCUT2D eigenvalue weighted by molar-refractivity contribution is 0.266. The molecule has 0 aromatic carbocycles. The van der Waals surface area contributed by atoms with Gasteiger partial charge in [-0.25, -0.2) is 9.97 Å². The highest BCUT2D eigenvalue weighted by atomic mass is 35.5. The first-order chi connectivity index (χ1) is 9.69. The lowest BCUT2D eigenvalue weighted by Gasteiger charge is -2.32.